The molecule has 1 aromatic carbocycles. The first-order valence-electron chi connectivity index (χ1n) is 16.3. The summed E-state index contributed by atoms with van der Waals surface area (Å²) in [7, 11) is -0.979. The Labute approximate surface area is 287 Å². The monoisotopic (exact) mass is 707 g/mol. The van der Waals surface area contributed by atoms with E-state index in [9.17, 15) is 32.8 Å². The minimum absolute atomic E-state index is 0.0192. The topological polar surface area (TPSA) is 148 Å². The van der Waals surface area contributed by atoms with E-state index in [4.69, 9.17) is 14.2 Å². The second-order valence-electron chi connectivity index (χ2n) is 12.8. The summed E-state index contributed by atoms with van der Waals surface area (Å²) >= 11 is 0. The van der Waals surface area contributed by atoms with Crippen molar-refractivity contribution in [3.05, 3.63) is 59.1 Å². The van der Waals surface area contributed by atoms with Crippen LogP contribution in [0.25, 0.3) is 16.5 Å². The molecule has 3 heterocycles. The number of ether oxygens (including phenoxy) is 3. The maximum absolute atomic E-state index is 15.2. The molecule has 1 aliphatic rings. The summed E-state index contributed by atoms with van der Waals surface area (Å²) in [6.07, 6.45) is -3.42. The Morgan fingerprint density at radius 1 is 1.12 bits per heavy atom. The first kappa shape index (κ1) is 38.6. The van der Waals surface area contributed by atoms with Gasteiger partial charge in [0.1, 0.15) is 12.2 Å². The average molecular weight is 708 g/mol. The van der Waals surface area contributed by atoms with Crippen LogP contribution in [-0.2, 0) is 14.3 Å². The van der Waals surface area contributed by atoms with Gasteiger partial charge in [-0.3, -0.25) is 4.79 Å². The number of nitrogens with zero attached hydrogens (tertiary/aromatic N) is 4. The molecule has 1 aliphatic heterocycles. The van der Waals surface area contributed by atoms with Crippen LogP contribution in [-0.4, -0.2) is 94.0 Å². The molecular weight excluding hydrogens is 665 g/mol. The molecule has 1 saturated heterocycles. The van der Waals surface area contributed by atoms with Gasteiger partial charge in [-0.05, 0) is 81.3 Å². The van der Waals surface area contributed by atoms with Gasteiger partial charge in [-0.25, -0.2) is 14.5 Å². The highest BCUT2D eigenvalue weighted by molar-refractivity contribution is 6.53. The third-order valence-corrected chi connectivity index (χ3v) is 7.80. The minimum Gasteiger partial charge on any atom is -0.476 e. The summed E-state index contributed by atoms with van der Waals surface area (Å²) in [5, 5.41) is 26.8. The fraction of sp³-hybridized carbons (Fsp3) is 0.515. The average Bonchev–Trinajstić information content (AvgIpc) is 3.38. The fourth-order valence-corrected chi connectivity index (χ4v) is 5.51. The van der Waals surface area contributed by atoms with Crippen molar-refractivity contribution in [2.45, 2.75) is 77.3 Å². The zero-order valence-electron chi connectivity index (χ0n) is 28.4. The number of alkyl halides is 3. The summed E-state index contributed by atoms with van der Waals surface area (Å²) in [5.74, 6) is -0.961. The van der Waals surface area contributed by atoms with Crippen LogP contribution in [0.2, 0.25) is 0 Å². The van der Waals surface area contributed by atoms with Crippen molar-refractivity contribution in [1.29, 1.82) is 0 Å². The van der Waals surface area contributed by atoms with Crippen LogP contribution < -0.4 is 10.1 Å². The Bertz CT molecular complexity index is 1650. The smallest absolute Gasteiger partial charge is 0.476 e. The molecule has 0 spiro atoms. The number of rotatable bonds is 13. The second-order valence-corrected chi connectivity index (χ2v) is 12.8. The van der Waals surface area contributed by atoms with Gasteiger partial charge >= 0.3 is 19.4 Å². The van der Waals surface area contributed by atoms with E-state index in [2.05, 4.69) is 15.4 Å². The molecule has 1 atom stereocenters. The Balaban J connectivity index is 1.60. The van der Waals surface area contributed by atoms with Crippen LogP contribution >= 0.6 is 0 Å². The number of halogens is 4. The summed E-state index contributed by atoms with van der Waals surface area (Å²) < 4.78 is 74.6. The number of nitrogens with one attached hydrogen (secondary N) is 1. The number of fused-ring (bicyclic) bond motifs is 1. The standard InChI is InChI=1S/C33H42BF4N5O7/c1-32(2,3)50-31(45)42(14-7-8-26(44)39-4)15-17-48-27-13-11-22(20-40-27)29(24(34(46)47)19-33(36,37)38)21-10-12-25-23(18-21)30(35)41-43(25)28-9-5-6-16-49-28/h10-13,18,20,28,46-47H,5-9,14-17,19H2,1-4H3,(H,39,44)/b29-24-. The van der Waals surface area contributed by atoms with Crippen LogP contribution in [0.15, 0.2) is 42.0 Å². The van der Waals surface area contributed by atoms with E-state index in [1.54, 1.807) is 20.8 Å². The van der Waals surface area contributed by atoms with Gasteiger partial charge in [0, 0.05) is 44.4 Å². The number of allylic oxidation sites excluding steroid dienone is 1. The zero-order valence-corrected chi connectivity index (χ0v) is 28.4. The van der Waals surface area contributed by atoms with Gasteiger partial charge in [0.2, 0.25) is 17.7 Å². The van der Waals surface area contributed by atoms with Crippen molar-refractivity contribution < 1.29 is 51.4 Å². The molecule has 4 rings (SSSR count). The Kier molecular flexibility index (Phi) is 12.9. The van der Waals surface area contributed by atoms with Gasteiger partial charge in [0.05, 0.1) is 23.9 Å². The molecule has 0 saturated carbocycles. The van der Waals surface area contributed by atoms with Crippen molar-refractivity contribution in [3.8, 4) is 5.88 Å². The van der Waals surface area contributed by atoms with E-state index in [1.165, 1.54) is 53.2 Å². The van der Waals surface area contributed by atoms with E-state index in [0.29, 0.717) is 25.0 Å². The highest BCUT2D eigenvalue weighted by Gasteiger charge is 2.36. The molecule has 17 heteroatoms. The quantitative estimate of drug-likeness (QED) is 0.162. The summed E-state index contributed by atoms with van der Waals surface area (Å²) in [6, 6.07) is 7.04. The lowest BCUT2D eigenvalue weighted by Gasteiger charge is -2.27. The Hall–Kier alpha value is -4.22. The molecule has 3 aromatic rings. The number of benzene rings is 1. The lowest BCUT2D eigenvalue weighted by atomic mass is 9.71. The first-order chi connectivity index (χ1) is 23.6. The fourth-order valence-electron chi connectivity index (χ4n) is 5.51. The summed E-state index contributed by atoms with van der Waals surface area (Å²) in [4.78, 5) is 30.0. The first-order valence-corrected chi connectivity index (χ1v) is 16.3. The third-order valence-electron chi connectivity index (χ3n) is 7.80. The van der Waals surface area contributed by atoms with Gasteiger partial charge in [0.25, 0.3) is 0 Å². The molecule has 0 bridgehead atoms. The molecule has 0 aliphatic carbocycles. The molecule has 1 fully saturated rings. The molecule has 3 N–H and O–H groups in total. The van der Waals surface area contributed by atoms with Gasteiger partial charge in [0.15, 0.2) is 6.23 Å². The Morgan fingerprint density at radius 2 is 1.86 bits per heavy atom. The number of pyridine rings is 1. The number of hydrogen-bond acceptors (Lipinski definition) is 9. The van der Waals surface area contributed by atoms with E-state index < -0.39 is 49.1 Å². The van der Waals surface area contributed by atoms with Gasteiger partial charge in [-0.2, -0.15) is 17.6 Å². The van der Waals surface area contributed by atoms with Crippen LogP contribution in [0.3, 0.4) is 0 Å². The predicted molar refractivity (Wildman–Crippen MR) is 176 cm³/mol. The molecule has 12 nitrogen and oxygen atoms in total. The lowest BCUT2D eigenvalue weighted by molar-refractivity contribution is -0.126. The van der Waals surface area contributed by atoms with Gasteiger partial charge < -0.3 is 34.5 Å². The van der Waals surface area contributed by atoms with E-state index in [1.807, 2.05) is 0 Å². The largest absolute Gasteiger partial charge is 0.485 e. The molecule has 0 radical (unpaired) electrons. The number of amides is 2. The van der Waals surface area contributed by atoms with Crippen LogP contribution in [0, 0.1) is 5.95 Å². The number of carbonyl (C=O) groups is 2. The maximum atomic E-state index is 15.2. The molecule has 2 amide bonds. The van der Waals surface area contributed by atoms with Crippen molar-refractivity contribution in [2.24, 2.45) is 0 Å². The van der Waals surface area contributed by atoms with E-state index in [0.717, 1.165) is 12.8 Å². The predicted octanol–water partition coefficient (Wildman–Crippen LogP) is 5.18. The summed E-state index contributed by atoms with van der Waals surface area (Å²) in [6.45, 7) is 5.92. The normalized spacial score (nSPS) is 15.8. The van der Waals surface area contributed by atoms with Crippen molar-refractivity contribution >= 4 is 35.6 Å². The zero-order chi connectivity index (χ0) is 36.6. The highest BCUT2D eigenvalue weighted by atomic mass is 19.4. The van der Waals surface area contributed by atoms with Crippen molar-refractivity contribution in [1.82, 2.24) is 25.0 Å². The molecular formula is C33H42BF4N5O7. The summed E-state index contributed by atoms with van der Waals surface area (Å²) in [5.41, 5.74) is -1.19. The van der Waals surface area contributed by atoms with E-state index in [-0.39, 0.29) is 60.0 Å². The number of aromatic nitrogens is 3. The van der Waals surface area contributed by atoms with Gasteiger partial charge in [-0.1, -0.05) is 6.07 Å². The van der Waals surface area contributed by atoms with Gasteiger partial charge in [-0.15, -0.1) is 5.10 Å². The van der Waals surface area contributed by atoms with Crippen molar-refractivity contribution in [3.63, 3.8) is 0 Å². The number of carbonyl (C=O) groups excluding carboxylic acids is 2. The third kappa shape index (κ3) is 10.6. The molecule has 50 heavy (non-hydrogen) atoms. The van der Waals surface area contributed by atoms with Crippen LogP contribution in [0.1, 0.15) is 76.7 Å². The molecule has 2 aromatic heterocycles. The minimum atomic E-state index is -4.81. The molecule has 1 unspecified atom stereocenters. The van der Waals surface area contributed by atoms with Crippen LogP contribution in [0.5, 0.6) is 5.88 Å². The highest BCUT2D eigenvalue weighted by Crippen LogP contribution is 2.37. The number of hydrogen-bond donors (Lipinski definition) is 3. The van der Waals surface area contributed by atoms with Crippen molar-refractivity contribution in [2.75, 3.05) is 33.4 Å². The molecule has 272 valence electrons. The second kappa shape index (κ2) is 16.7. The SMILES string of the molecule is CNC(=O)CCCN(CCOc1ccc(/C(=C(/CC(F)(F)F)B(O)O)c2ccc3c(c2)c(F)nn3C2CCCCO2)cn1)C(=O)OC(C)(C)C. The Morgan fingerprint density at radius 3 is 2.46 bits per heavy atom. The maximum Gasteiger partial charge on any atom is 0.485 e. The van der Waals surface area contributed by atoms with E-state index >= 15 is 4.39 Å². The lowest BCUT2D eigenvalue weighted by Crippen LogP contribution is -2.40. The van der Waals surface area contributed by atoms with Crippen LogP contribution in [0.4, 0.5) is 22.4 Å².